The van der Waals surface area contributed by atoms with Gasteiger partial charge in [-0.05, 0) is 35.9 Å². The molecule has 0 spiro atoms. The van der Waals surface area contributed by atoms with Crippen molar-refractivity contribution in [1.82, 2.24) is 4.98 Å². The molecule has 1 heterocycles. The van der Waals surface area contributed by atoms with Crippen LogP contribution in [0.5, 0.6) is 0 Å². The number of nitro groups is 1. The third kappa shape index (κ3) is 3.75. The lowest BCUT2D eigenvalue weighted by Crippen LogP contribution is -2.08. The van der Waals surface area contributed by atoms with Crippen molar-refractivity contribution in [2.75, 3.05) is 0 Å². The Kier molecular flexibility index (Phi) is 4.63. The second kappa shape index (κ2) is 6.49. The van der Waals surface area contributed by atoms with E-state index in [4.69, 9.17) is 0 Å². The third-order valence-electron chi connectivity index (χ3n) is 3.06. The molecule has 0 aliphatic rings. The number of hydrogen-bond acceptors (Lipinski definition) is 4. The highest BCUT2D eigenvalue weighted by atomic mass is 19.4. The van der Waals surface area contributed by atoms with Crippen molar-refractivity contribution in [2.24, 2.45) is 0 Å². The Morgan fingerprint density at radius 3 is 2.33 bits per heavy atom. The van der Waals surface area contributed by atoms with Gasteiger partial charge in [-0.1, -0.05) is 0 Å². The van der Waals surface area contributed by atoms with Crippen LogP contribution in [0.25, 0.3) is 11.6 Å². The topological polar surface area (TPSA) is 93.3 Å². The van der Waals surface area contributed by atoms with E-state index in [0.717, 1.165) is 12.1 Å². The predicted octanol–water partition coefficient (Wildman–Crippen LogP) is 3.63. The fraction of sp³-hybridized carbons (Fsp3) is 0.0667. The van der Waals surface area contributed by atoms with E-state index < -0.39 is 39.5 Å². The molecule has 2 aromatic rings. The van der Waals surface area contributed by atoms with Gasteiger partial charge in [-0.15, -0.1) is 0 Å². The van der Waals surface area contributed by atoms with Gasteiger partial charge in [-0.3, -0.25) is 15.1 Å². The number of carboxylic acids is 1. The van der Waals surface area contributed by atoms with Crippen LogP contribution in [0.3, 0.4) is 0 Å². The van der Waals surface area contributed by atoms with Crippen LogP contribution in [0.1, 0.15) is 16.7 Å². The molecule has 0 saturated heterocycles. The summed E-state index contributed by atoms with van der Waals surface area (Å²) in [6, 6.07) is 4.62. The molecule has 9 heteroatoms. The van der Waals surface area contributed by atoms with Crippen molar-refractivity contribution < 1.29 is 28.0 Å². The Labute approximate surface area is 133 Å². The van der Waals surface area contributed by atoms with Crippen LogP contribution in [-0.2, 0) is 11.0 Å². The molecule has 2 rings (SSSR count). The minimum atomic E-state index is -4.78. The molecular formula is C15H9F3N2O4. The first-order valence-corrected chi connectivity index (χ1v) is 6.41. The van der Waals surface area contributed by atoms with Crippen LogP contribution in [0.15, 0.2) is 42.7 Å². The van der Waals surface area contributed by atoms with Gasteiger partial charge < -0.3 is 5.11 Å². The van der Waals surface area contributed by atoms with Crippen LogP contribution in [0.2, 0.25) is 0 Å². The maximum Gasteiger partial charge on any atom is 0.416 e. The lowest BCUT2D eigenvalue weighted by atomic mass is 9.99. The zero-order valence-corrected chi connectivity index (χ0v) is 11.8. The Bertz CT molecular complexity index is 817. The quantitative estimate of drug-likeness (QED) is 0.522. The molecule has 6 nitrogen and oxygen atoms in total. The van der Waals surface area contributed by atoms with E-state index in [1.165, 1.54) is 24.5 Å². The number of benzene rings is 1. The van der Waals surface area contributed by atoms with E-state index in [2.05, 4.69) is 4.98 Å². The second-order valence-corrected chi connectivity index (χ2v) is 4.63. The zero-order valence-electron chi connectivity index (χ0n) is 11.8. The van der Waals surface area contributed by atoms with Gasteiger partial charge in [0.05, 0.1) is 21.6 Å². The van der Waals surface area contributed by atoms with Crippen LogP contribution in [0, 0.1) is 10.1 Å². The first-order valence-electron chi connectivity index (χ1n) is 6.41. The van der Waals surface area contributed by atoms with Crippen molar-refractivity contribution in [3.05, 3.63) is 69.5 Å². The summed E-state index contributed by atoms with van der Waals surface area (Å²) in [6.45, 7) is 0. The molecule has 1 N–H and O–H groups in total. The molecule has 0 radical (unpaired) electrons. The Hall–Kier alpha value is -3.23. The van der Waals surface area contributed by atoms with Crippen LogP contribution < -0.4 is 0 Å². The van der Waals surface area contributed by atoms with Crippen molar-refractivity contribution >= 4 is 23.3 Å². The normalized spacial score (nSPS) is 12.0. The smallest absolute Gasteiger partial charge is 0.416 e. The summed E-state index contributed by atoms with van der Waals surface area (Å²) in [7, 11) is 0. The second-order valence-electron chi connectivity index (χ2n) is 4.63. The first-order chi connectivity index (χ1) is 11.2. The first kappa shape index (κ1) is 17.1. The Morgan fingerprint density at radius 1 is 1.21 bits per heavy atom. The van der Waals surface area contributed by atoms with Gasteiger partial charge in [-0.25, -0.2) is 4.79 Å². The molecular weight excluding hydrogens is 329 g/mol. The van der Waals surface area contributed by atoms with Crippen molar-refractivity contribution in [1.29, 1.82) is 0 Å². The summed E-state index contributed by atoms with van der Waals surface area (Å²) in [4.78, 5) is 25.2. The molecule has 1 aromatic carbocycles. The van der Waals surface area contributed by atoms with E-state index in [1.807, 2.05) is 0 Å². The monoisotopic (exact) mass is 338 g/mol. The number of aromatic nitrogens is 1. The summed E-state index contributed by atoms with van der Waals surface area (Å²) in [6.07, 6.45) is -0.889. The number of nitrogens with zero attached hydrogens (tertiary/aromatic N) is 2. The molecule has 1 aromatic heterocycles. The van der Waals surface area contributed by atoms with E-state index in [9.17, 15) is 33.2 Å². The predicted molar refractivity (Wildman–Crippen MR) is 77.8 cm³/mol. The third-order valence-corrected chi connectivity index (χ3v) is 3.06. The van der Waals surface area contributed by atoms with Crippen LogP contribution in [0.4, 0.5) is 18.9 Å². The van der Waals surface area contributed by atoms with E-state index in [1.54, 1.807) is 0 Å². The van der Waals surface area contributed by atoms with Gasteiger partial charge in [0.2, 0.25) is 0 Å². The zero-order chi connectivity index (χ0) is 17.9. The molecule has 0 amide bonds. The van der Waals surface area contributed by atoms with Gasteiger partial charge in [0, 0.05) is 18.5 Å². The minimum Gasteiger partial charge on any atom is -0.478 e. The molecule has 0 saturated carbocycles. The van der Waals surface area contributed by atoms with E-state index in [-0.39, 0.29) is 0 Å². The number of carbonyl (C=O) groups is 1. The largest absolute Gasteiger partial charge is 0.478 e. The maximum absolute atomic E-state index is 12.7. The van der Waals surface area contributed by atoms with Crippen LogP contribution in [-0.4, -0.2) is 21.0 Å². The number of rotatable bonds is 4. The van der Waals surface area contributed by atoms with Gasteiger partial charge in [0.1, 0.15) is 0 Å². The summed E-state index contributed by atoms with van der Waals surface area (Å²) in [5, 5.41) is 20.4. The lowest BCUT2D eigenvalue weighted by molar-refractivity contribution is -0.385. The van der Waals surface area contributed by atoms with Crippen molar-refractivity contribution in [3.8, 4) is 0 Å². The minimum absolute atomic E-state index is 0.318. The highest BCUT2D eigenvalue weighted by Crippen LogP contribution is 2.35. The van der Waals surface area contributed by atoms with Gasteiger partial charge in [0.25, 0.3) is 5.69 Å². The standard InChI is InChI=1S/C15H9F3N2O4/c16-15(17,18)10-1-2-11(13(8-10)20(23)24)12(14(21)22)7-9-3-5-19-6-4-9/h1-8H,(H,21,22)/b12-7-. The number of hydrogen-bond donors (Lipinski definition) is 1. The van der Waals surface area contributed by atoms with Crippen molar-refractivity contribution in [3.63, 3.8) is 0 Å². The molecule has 0 unspecified atom stereocenters. The maximum atomic E-state index is 12.7. The number of pyridine rings is 1. The summed E-state index contributed by atoms with van der Waals surface area (Å²) >= 11 is 0. The Morgan fingerprint density at radius 2 is 1.83 bits per heavy atom. The average Bonchev–Trinajstić information content (AvgIpc) is 2.52. The fourth-order valence-electron chi connectivity index (χ4n) is 1.97. The van der Waals surface area contributed by atoms with E-state index >= 15 is 0 Å². The summed E-state index contributed by atoms with van der Waals surface area (Å²) < 4.78 is 38.1. The molecule has 0 fully saturated rings. The number of aliphatic carboxylic acids is 1. The molecule has 124 valence electrons. The fourth-order valence-corrected chi connectivity index (χ4v) is 1.97. The molecule has 0 atom stereocenters. The SMILES string of the molecule is O=C(O)/C(=C\c1ccncc1)c1ccc(C(F)(F)F)cc1[N+](=O)[O-]. The number of alkyl halides is 3. The van der Waals surface area contributed by atoms with Gasteiger partial charge >= 0.3 is 12.1 Å². The molecule has 0 aliphatic heterocycles. The number of halogens is 3. The van der Waals surface area contributed by atoms with Crippen molar-refractivity contribution in [2.45, 2.75) is 6.18 Å². The van der Waals surface area contributed by atoms with Crippen LogP contribution >= 0.6 is 0 Å². The molecule has 0 bridgehead atoms. The van der Waals surface area contributed by atoms with E-state index in [0.29, 0.717) is 17.7 Å². The average molecular weight is 338 g/mol. The summed E-state index contributed by atoms with van der Waals surface area (Å²) in [5.41, 5.74) is -2.70. The lowest BCUT2D eigenvalue weighted by Gasteiger charge is -2.09. The highest BCUT2D eigenvalue weighted by Gasteiger charge is 2.34. The summed E-state index contributed by atoms with van der Waals surface area (Å²) in [5.74, 6) is -1.50. The van der Waals surface area contributed by atoms with Gasteiger partial charge in [-0.2, -0.15) is 13.2 Å². The number of carboxylic acid groups (broad SMARTS) is 1. The number of nitro benzene ring substituents is 1. The molecule has 0 aliphatic carbocycles. The van der Waals surface area contributed by atoms with Gasteiger partial charge in [0.15, 0.2) is 0 Å². The highest BCUT2D eigenvalue weighted by molar-refractivity contribution is 6.21. The molecule has 24 heavy (non-hydrogen) atoms. The Balaban J connectivity index is 2.65.